The maximum atomic E-state index is 14.5. The van der Waals surface area contributed by atoms with Gasteiger partial charge in [-0.25, -0.2) is 0 Å². The fourth-order valence-corrected chi connectivity index (χ4v) is 3.06. The van der Waals surface area contributed by atoms with Gasteiger partial charge in [0.2, 0.25) is 11.5 Å². The third-order valence-electron chi connectivity index (χ3n) is 3.73. The van der Waals surface area contributed by atoms with Crippen molar-refractivity contribution >= 4 is 41.5 Å². The predicted molar refractivity (Wildman–Crippen MR) is 90.0 cm³/mol. The summed E-state index contributed by atoms with van der Waals surface area (Å²) in [5.41, 5.74) is 0.768. The highest BCUT2D eigenvalue weighted by atomic mass is 127. The van der Waals surface area contributed by atoms with Crippen LogP contribution in [0.2, 0.25) is 0 Å². The maximum absolute atomic E-state index is 14.5. The molecule has 0 saturated heterocycles. The smallest absolute Gasteiger partial charge is 0.448 e. The summed E-state index contributed by atoms with van der Waals surface area (Å²) in [5, 5.41) is 0. The molecule has 2 aliphatic heterocycles. The molecule has 4 rings (SSSR count). The Morgan fingerprint density at radius 2 is 1.91 bits per heavy atom. The Morgan fingerprint density at radius 1 is 1.14 bits per heavy atom. The monoisotopic (exact) mass is 410 g/mol. The van der Waals surface area contributed by atoms with E-state index in [1.807, 2.05) is 24.3 Å². The average molecular weight is 410 g/mol. The fraction of sp³-hybridized carbons (Fsp3) is 0. The Morgan fingerprint density at radius 3 is 2.68 bits per heavy atom. The second kappa shape index (κ2) is 4.80. The van der Waals surface area contributed by atoms with E-state index in [1.54, 1.807) is 24.3 Å². The van der Waals surface area contributed by atoms with Gasteiger partial charge >= 0.3 is 6.97 Å². The SMILES string of the molecule is F[B-]1(F)n2cccc2C(Oc2ccc(I)cc2)=C2C=CC=[N+]21. The van der Waals surface area contributed by atoms with Crippen LogP contribution in [0.1, 0.15) is 5.69 Å². The van der Waals surface area contributed by atoms with E-state index in [-0.39, 0.29) is 0 Å². The van der Waals surface area contributed by atoms with Crippen LogP contribution >= 0.6 is 22.6 Å². The molecule has 2 aromatic rings. The molecule has 0 atom stereocenters. The van der Waals surface area contributed by atoms with E-state index in [9.17, 15) is 8.63 Å². The Kier molecular flexibility index (Phi) is 3.00. The van der Waals surface area contributed by atoms with E-state index in [2.05, 4.69) is 22.6 Å². The summed E-state index contributed by atoms with van der Waals surface area (Å²) in [7, 11) is 0. The van der Waals surface area contributed by atoms with Crippen LogP contribution in [-0.4, -0.2) is 22.1 Å². The number of hydrogen-bond acceptors (Lipinski definition) is 1. The van der Waals surface area contributed by atoms with Gasteiger partial charge in [0.1, 0.15) is 12.0 Å². The molecule has 2 aliphatic rings. The molecule has 0 spiro atoms. The van der Waals surface area contributed by atoms with E-state index < -0.39 is 6.97 Å². The van der Waals surface area contributed by atoms with Gasteiger partial charge in [-0.05, 0) is 65.2 Å². The molecule has 3 nitrogen and oxygen atoms in total. The number of halogens is 3. The Hall–Kier alpha value is -1.90. The van der Waals surface area contributed by atoms with E-state index in [0.717, 1.165) is 12.5 Å². The first-order valence-electron chi connectivity index (χ1n) is 6.75. The van der Waals surface area contributed by atoms with Crippen LogP contribution in [0.15, 0.2) is 60.4 Å². The van der Waals surface area contributed by atoms with Gasteiger partial charge < -0.3 is 22.3 Å². The first-order chi connectivity index (χ1) is 10.6. The molecule has 0 radical (unpaired) electrons. The van der Waals surface area contributed by atoms with Crippen molar-refractivity contribution in [3.8, 4) is 5.75 Å². The molecule has 110 valence electrons. The number of benzene rings is 1. The van der Waals surface area contributed by atoms with Gasteiger partial charge in [0.25, 0.3) is 0 Å². The number of allylic oxidation sites excluding steroid dienone is 2. The molecule has 0 N–H and O–H groups in total. The van der Waals surface area contributed by atoms with E-state index in [1.165, 1.54) is 12.4 Å². The average Bonchev–Trinajstić information content (AvgIpc) is 3.15. The number of fused-ring (bicyclic) bond motifs is 2. The number of rotatable bonds is 2. The Bertz CT molecular complexity index is 853. The fourth-order valence-electron chi connectivity index (χ4n) is 2.70. The molecule has 0 saturated carbocycles. The predicted octanol–water partition coefficient (Wildman–Crippen LogP) is 3.73. The zero-order chi connectivity index (χ0) is 15.3. The minimum Gasteiger partial charge on any atom is -0.448 e. The topological polar surface area (TPSA) is 17.2 Å². The molecule has 0 aliphatic carbocycles. The van der Waals surface area contributed by atoms with Gasteiger partial charge in [0.05, 0.1) is 5.69 Å². The van der Waals surface area contributed by atoms with Crippen LogP contribution in [0.4, 0.5) is 8.63 Å². The minimum absolute atomic E-state index is 0.384. The van der Waals surface area contributed by atoms with Crippen molar-refractivity contribution in [3.05, 3.63) is 69.7 Å². The van der Waals surface area contributed by atoms with Gasteiger partial charge in [-0.1, -0.05) is 0 Å². The summed E-state index contributed by atoms with van der Waals surface area (Å²) in [5.74, 6) is 1.05. The van der Waals surface area contributed by atoms with E-state index in [4.69, 9.17) is 4.74 Å². The van der Waals surface area contributed by atoms with Gasteiger partial charge in [-0.2, -0.15) is 0 Å². The third kappa shape index (κ3) is 1.95. The lowest BCUT2D eigenvalue weighted by Gasteiger charge is -2.30. The summed E-state index contributed by atoms with van der Waals surface area (Å²) in [6, 6.07) is 10.7. The Labute approximate surface area is 139 Å². The van der Waals surface area contributed by atoms with Crippen molar-refractivity contribution in [1.29, 1.82) is 0 Å². The normalized spacial score (nSPS) is 18.0. The Balaban J connectivity index is 1.86. The quantitative estimate of drug-likeness (QED) is 0.545. The number of hydrogen-bond donors (Lipinski definition) is 0. The van der Waals surface area contributed by atoms with Crippen LogP contribution in [0.25, 0.3) is 5.76 Å². The highest BCUT2D eigenvalue weighted by Crippen LogP contribution is 2.35. The second-order valence-corrected chi connectivity index (χ2v) is 6.32. The van der Waals surface area contributed by atoms with Gasteiger partial charge in [-0.15, -0.1) is 0 Å². The molecular formula is C15H10BF2IN2O. The summed E-state index contributed by atoms with van der Waals surface area (Å²) in [4.78, 5) is 0. The first kappa shape index (κ1) is 13.7. The van der Waals surface area contributed by atoms with Crippen molar-refractivity contribution in [2.24, 2.45) is 0 Å². The molecule has 1 aromatic heterocycles. The molecule has 22 heavy (non-hydrogen) atoms. The summed E-state index contributed by atoms with van der Waals surface area (Å²) >= 11 is 2.20. The van der Waals surface area contributed by atoms with Crippen molar-refractivity contribution in [2.75, 3.05) is 0 Å². The molecule has 7 heteroatoms. The van der Waals surface area contributed by atoms with Crippen molar-refractivity contribution in [1.82, 2.24) is 4.48 Å². The highest BCUT2D eigenvalue weighted by Gasteiger charge is 2.52. The van der Waals surface area contributed by atoms with Gasteiger partial charge in [-0.3, -0.25) is 0 Å². The third-order valence-corrected chi connectivity index (χ3v) is 4.45. The van der Waals surface area contributed by atoms with Crippen LogP contribution in [0.5, 0.6) is 5.75 Å². The van der Waals surface area contributed by atoms with Crippen LogP contribution in [0.3, 0.4) is 0 Å². The maximum Gasteiger partial charge on any atom is 0.737 e. The van der Waals surface area contributed by atoms with Crippen molar-refractivity contribution in [2.45, 2.75) is 0 Å². The molecule has 0 fully saturated rings. The molecule has 0 unspecified atom stereocenters. The van der Waals surface area contributed by atoms with Crippen LogP contribution in [0, 0.1) is 3.57 Å². The second-order valence-electron chi connectivity index (χ2n) is 5.07. The summed E-state index contributed by atoms with van der Waals surface area (Å²) in [6.45, 7) is -3.87. The zero-order valence-corrected chi connectivity index (χ0v) is 13.4. The van der Waals surface area contributed by atoms with Crippen molar-refractivity contribution in [3.63, 3.8) is 0 Å². The molecule has 0 amide bonds. The van der Waals surface area contributed by atoms with Crippen LogP contribution in [-0.2, 0) is 0 Å². The lowest BCUT2D eigenvalue weighted by atomic mass is 9.91. The summed E-state index contributed by atoms with van der Waals surface area (Å²) < 4.78 is 38.0. The molecule has 1 aromatic carbocycles. The minimum atomic E-state index is -3.87. The van der Waals surface area contributed by atoms with Crippen LogP contribution < -0.4 is 4.74 Å². The van der Waals surface area contributed by atoms with E-state index in [0.29, 0.717) is 22.9 Å². The number of nitrogens with zero attached hydrogens (tertiary/aromatic N) is 2. The van der Waals surface area contributed by atoms with E-state index >= 15 is 0 Å². The lowest BCUT2D eigenvalue weighted by molar-refractivity contribution is -0.357. The zero-order valence-electron chi connectivity index (χ0n) is 11.3. The van der Waals surface area contributed by atoms with Gasteiger partial charge in [0, 0.05) is 15.7 Å². The lowest BCUT2D eigenvalue weighted by Crippen LogP contribution is -2.49. The largest absolute Gasteiger partial charge is 0.737 e. The number of aromatic nitrogens is 1. The first-order valence-corrected chi connectivity index (χ1v) is 7.82. The number of ether oxygens (including phenoxy) is 1. The molecule has 3 heterocycles. The highest BCUT2D eigenvalue weighted by molar-refractivity contribution is 14.1. The van der Waals surface area contributed by atoms with Crippen molar-refractivity contribution < 1.29 is 17.9 Å². The molecule has 0 bridgehead atoms. The molecular weight excluding hydrogens is 400 g/mol. The standard InChI is InChI=1S/C15H10BF2IN2O/c17-16(18)20-9-1-3-13(20)15(14-4-2-10-21(14)16)22-12-7-5-11(19)6-8-12/h1-10H. The van der Waals surface area contributed by atoms with Gasteiger partial charge in [0.15, 0.2) is 0 Å². The summed E-state index contributed by atoms with van der Waals surface area (Å²) in [6.07, 6.45) is 6.02.